The van der Waals surface area contributed by atoms with Crippen LogP contribution in [-0.4, -0.2) is 31.7 Å². The van der Waals surface area contributed by atoms with Crippen molar-refractivity contribution in [2.75, 3.05) is 25.0 Å². The first-order valence-corrected chi connectivity index (χ1v) is 7.49. The lowest BCUT2D eigenvalue weighted by Gasteiger charge is -2.12. The standard InChI is InChI=1S/C16H24N2O2/c1-2-6-13-7-3-4-9-15(13)18-16(19)12-17-11-14-8-5-10-20-14/h3-4,7,9,14,17H,2,5-6,8,10-12H2,1H3,(H,18,19). The third kappa shape index (κ3) is 4.62. The summed E-state index contributed by atoms with van der Waals surface area (Å²) >= 11 is 0. The van der Waals surface area contributed by atoms with Crippen molar-refractivity contribution in [2.45, 2.75) is 38.7 Å². The van der Waals surface area contributed by atoms with Gasteiger partial charge in [0.15, 0.2) is 0 Å². The molecule has 0 bridgehead atoms. The SMILES string of the molecule is CCCc1ccccc1NC(=O)CNCC1CCCO1. The van der Waals surface area contributed by atoms with Gasteiger partial charge in [0, 0.05) is 18.8 Å². The molecule has 2 rings (SSSR count). The van der Waals surface area contributed by atoms with Crippen LogP contribution in [0.5, 0.6) is 0 Å². The number of hydrogen-bond donors (Lipinski definition) is 2. The van der Waals surface area contributed by atoms with E-state index in [2.05, 4.69) is 23.6 Å². The van der Waals surface area contributed by atoms with Crippen LogP contribution >= 0.6 is 0 Å². The highest BCUT2D eigenvalue weighted by Gasteiger charge is 2.15. The smallest absolute Gasteiger partial charge is 0.238 e. The largest absolute Gasteiger partial charge is 0.377 e. The van der Waals surface area contributed by atoms with Crippen LogP contribution in [0.3, 0.4) is 0 Å². The van der Waals surface area contributed by atoms with Crippen LogP contribution < -0.4 is 10.6 Å². The summed E-state index contributed by atoms with van der Waals surface area (Å²) in [5, 5.41) is 6.14. The number of anilines is 1. The summed E-state index contributed by atoms with van der Waals surface area (Å²) < 4.78 is 5.51. The van der Waals surface area contributed by atoms with Crippen molar-refractivity contribution in [3.63, 3.8) is 0 Å². The van der Waals surface area contributed by atoms with Crippen LogP contribution in [0.15, 0.2) is 24.3 Å². The van der Waals surface area contributed by atoms with Crippen molar-refractivity contribution < 1.29 is 9.53 Å². The van der Waals surface area contributed by atoms with E-state index >= 15 is 0 Å². The Morgan fingerprint density at radius 3 is 3.00 bits per heavy atom. The first-order chi connectivity index (χ1) is 9.79. The topological polar surface area (TPSA) is 50.4 Å². The van der Waals surface area contributed by atoms with Gasteiger partial charge in [-0.2, -0.15) is 0 Å². The number of hydrogen-bond acceptors (Lipinski definition) is 3. The summed E-state index contributed by atoms with van der Waals surface area (Å²) in [5.41, 5.74) is 2.13. The number of ether oxygens (including phenoxy) is 1. The van der Waals surface area contributed by atoms with Crippen molar-refractivity contribution in [1.29, 1.82) is 0 Å². The quantitative estimate of drug-likeness (QED) is 0.803. The molecule has 4 nitrogen and oxygen atoms in total. The predicted molar refractivity (Wildman–Crippen MR) is 80.9 cm³/mol. The molecule has 2 N–H and O–H groups in total. The fraction of sp³-hybridized carbons (Fsp3) is 0.562. The summed E-state index contributed by atoms with van der Waals surface area (Å²) in [5.74, 6) is 0.00606. The van der Waals surface area contributed by atoms with Crippen LogP contribution in [0.4, 0.5) is 5.69 Å². The summed E-state index contributed by atoms with van der Waals surface area (Å²) in [4.78, 5) is 11.9. The Kier molecular flexibility index (Phi) is 6.02. The van der Waals surface area contributed by atoms with Gasteiger partial charge in [-0.3, -0.25) is 4.79 Å². The lowest BCUT2D eigenvalue weighted by molar-refractivity contribution is -0.115. The van der Waals surface area contributed by atoms with E-state index in [1.807, 2.05) is 18.2 Å². The second-order valence-electron chi connectivity index (χ2n) is 5.22. The molecule has 4 heteroatoms. The van der Waals surface area contributed by atoms with Crippen LogP contribution in [0.1, 0.15) is 31.7 Å². The molecule has 1 atom stereocenters. The molecule has 1 aliphatic heterocycles. The van der Waals surface area contributed by atoms with Crippen molar-refractivity contribution in [3.05, 3.63) is 29.8 Å². The Labute approximate surface area is 120 Å². The summed E-state index contributed by atoms with van der Waals surface area (Å²) in [6, 6.07) is 7.99. The van der Waals surface area contributed by atoms with E-state index in [4.69, 9.17) is 4.74 Å². The summed E-state index contributed by atoms with van der Waals surface area (Å²) in [7, 11) is 0. The highest BCUT2D eigenvalue weighted by atomic mass is 16.5. The maximum Gasteiger partial charge on any atom is 0.238 e. The molecule has 0 spiro atoms. The van der Waals surface area contributed by atoms with E-state index in [1.165, 1.54) is 5.56 Å². The van der Waals surface area contributed by atoms with E-state index in [0.29, 0.717) is 6.54 Å². The van der Waals surface area contributed by atoms with Gasteiger partial charge in [-0.1, -0.05) is 31.5 Å². The average molecular weight is 276 g/mol. The Morgan fingerprint density at radius 1 is 1.40 bits per heavy atom. The van der Waals surface area contributed by atoms with E-state index in [9.17, 15) is 4.79 Å². The Balaban J connectivity index is 1.75. The normalized spacial score (nSPS) is 18.1. The van der Waals surface area contributed by atoms with Gasteiger partial charge in [-0.25, -0.2) is 0 Å². The van der Waals surface area contributed by atoms with Crippen LogP contribution in [0, 0.1) is 0 Å². The second kappa shape index (κ2) is 8.02. The molecule has 0 radical (unpaired) electrons. The Bertz CT molecular complexity index is 428. The first-order valence-electron chi connectivity index (χ1n) is 7.49. The molecule has 1 aromatic rings. The molecular formula is C16H24N2O2. The van der Waals surface area contributed by atoms with Gasteiger partial charge < -0.3 is 15.4 Å². The van der Waals surface area contributed by atoms with Gasteiger partial charge in [0.1, 0.15) is 0 Å². The second-order valence-corrected chi connectivity index (χ2v) is 5.22. The molecule has 0 aliphatic carbocycles. The third-order valence-electron chi connectivity index (χ3n) is 3.49. The van der Waals surface area contributed by atoms with Gasteiger partial charge in [0.25, 0.3) is 0 Å². The molecule has 1 aliphatic rings. The third-order valence-corrected chi connectivity index (χ3v) is 3.49. The number of amides is 1. The van der Waals surface area contributed by atoms with Crippen LogP contribution in [-0.2, 0) is 16.0 Å². The number of nitrogens with one attached hydrogen (secondary N) is 2. The number of para-hydroxylation sites is 1. The van der Waals surface area contributed by atoms with Crippen molar-refractivity contribution in [3.8, 4) is 0 Å². The van der Waals surface area contributed by atoms with Gasteiger partial charge in [0.05, 0.1) is 12.6 Å². The molecule has 20 heavy (non-hydrogen) atoms. The zero-order valence-corrected chi connectivity index (χ0v) is 12.2. The van der Waals surface area contributed by atoms with Gasteiger partial charge >= 0.3 is 0 Å². The van der Waals surface area contributed by atoms with Crippen molar-refractivity contribution in [1.82, 2.24) is 5.32 Å². The molecule has 1 aromatic carbocycles. The molecule has 1 amide bonds. The number of carbonyl (C=O) groups is 1. The van der Waals surface area contributed by atoms with E-state index in [0.717, 1.165) is 44.5 Å². The minimum Gasteiger partial charge on any atom is -0.377 e. The molecule has 0 saturated carbocycles. The number of benzene rings is 1. The minimum absolute atomic E-state index is 0.00606. The van der Waals surface area contributed by atoms with Crippen molar-refractivity contribution >= 4 is 11.6 Å². The van der Waals surface area contributed by atoms with E-state index < -0.39 is 0 Å². The highest BCUT2D eigenvalue weighted by Crippen LogP contribution is 2.16. The summed E-state index contributed by atoms with van der Waals surface area (Å²) in [6.45, 7) is 4.08. The van der Waals surface area contributed by atoms with Gasteiger partial charge in [0.2, 0.25) is 5.91 Å². The predicted octanol–water partition coefficient (Wildman–Crippen LogP) is 2.35. The maximum absolute atomic E-state index is 11.9. The Morgan fingerprint density at radius 2 is 2.25 bits per heavy atom. The first kappa shape index (κ1) is 15.0. The van der Waals surface area contributed by atoms with E-state index in [1.54, 1.807) is 0 Å². The molecule has 1 saturated heterocycles. The lowest BCUT2D eigenvalue weighted by Crippen LogP contribution is -2.33. The number of rotatable bonds is 7. The fourth-order valence-electron chi connectivity index (χ4n) is 2.48. The molecule has 110 valence electrons. The maximum atomic E-state index is 11.9. The zero-order chi connectivity index (χ0) is 14.2. The molecule has 1 fully saturated rings. The van der Waals surface area contributed by atoms with Gasteiger partial charge in [-0.05, 0) is 30.9 Å². The molecular weight excluding hydrogens is 252 g/mol. The number of aryl methyl sites for hydroxylation is 1. The highest BCUT2D eigenvalue weighted by molar-refractivity contribution is 5.92. The van der Waals surface area contributed by atoms with Crippen LogP contribution in [0.25, 0.3) is 0 Å². The van der Waals surface area contributed by atoms with E-state index in [-0.39, 0.29) is 12.0 Å². The zero-order valence-electron chi connectivity index (χ0n) is 12.2. The summed E-state index contributed by atoms with van der Waals surface area (Å²) in [6.07, 6.45) is 4.55. The lowest BCUT2D eigenvalue weighted by atomic mass is 10.1. The average Bonchev–Trinajstić information content (AvgIpc) is 2.94. The molecule has 1 unspecified atom stereocenters. The van der Waals surface area contributed by atoms with Crippen molar-refractivity contribution in [2.24, 2.45) is 0 Å². The minimum atomic E-state index is 0.00606. The van der Waals surface area contributed by atoms with Gasteiger partial charge in [-0.15, -0.1) is 0 Å². The molecule has 1 heterocycles. The monoisotopic (exact) mass is 276 g/mol. The van der Waals surface area contributed by atoms with Crippen LogP contribution in [0.2, 0.25) is 0 Å². The molecule has 0 aromatic heterocycles. The Hall–Kier alpha value is -1.39. The number of carbonyl (C=O) groups excluding carboxylic acids is 1. The fourth-order valence-corrected chi connectivity index (χ4v) is 2.48.